The first-order valence-electron chi connectivity index (χ1n) is 5.73. The van der Waals surface area contributed by atoms with Gasteiger partial charge in [-0.05, 0) is 39.0 Å². The number of hydrogen-bond acceptors (Lipinski definition) is 3. The second-order valence-electron chi connectivity index (χ2n) is 4.97. The predicted molar refractivity (Wildman–Crippen MR) is 55.2 cm³/mol. The van der Waals surface area contributed by atoms with E-state index in [-0.39, 0.29) is 11.6 Å². The third-order valence-corrected chi connectivity index (χ3v) is 3.45. The molecule has 1 heterocycles. The van der Waals surface area contributed by atoms with E-state index in [9.17, 15) is 5.11 Å². The Kier molecular flexibility index (Phi) is 3.10. The van der Waals surface area contributed by atoms with E-state index in [1.165, 1.54) is 0 Å². The van der Waals surface area contributed by atoms with Gasteiger partial charge in [-0.15, -0.1) is 0 Å². The average Bonchev–Trinajstić information content (AvgIpc) is 2.52. The van der Waals surface area contributed by atoms with Crippen LogP contribution in [0.1, 0.15) is 39.0 Å². The van der Waals surface area contributed by atoms with Gasteiger partial charge >= 0.3 is 0 Å². The highest BCUT2D eigenvalue weighted by atomic mass is 16.5. The molecule has 1 saturated carbocycles. The van der Waals surface area contributed by atoms with Crippen molar-refractivity contribution in [1.82, 2.24) is 5.32 Å². The molecule has 0 radical (unpaired) electrons. The maximum atomic E-state index is 9.73. The van der Waals surface area contributed by atoms with E-state index in [0.717, 1.165) is 45.3 Å². The third kappa shape index (κ3) is 2.27. The van der Waals surface area contributed by atoms with E-state index in [4.69, 9.17) is 4.74 Å². The summed E-state index contributed by atoms with van der Waals surface area (Å²) in [6, 6.07) is 0.293. The fraction of sp³-hybridized carbons (Fsp3) is 1.00. The molecule has 2 fully saturated rings. The minimum absolute atomic E-state index is 0.0915. The Balaban J connectivity index is 1.88. The Morgan fingerprint density at radius 3 is 2.79 bits per heavy atom. The molecule has 1 saturated heterocycles. The lowest BCUT2D eigenvalue weighted by Gasteiger charge is -2.37. The third-order valence-electron chi connectivity index (χ3n) is 3.45. The molecule has 3 atom stereocenters. The number of ether oxygens (including phenoxy) is 1. The first-order chi connectivity index (χ1) is 6.70. The van der Waals surface area contributed by atoms with Crippen LogP contribution in [0, 0.1) is 0 Å². The maximum Gasteiger partial charge on any atom is 0.0693 e. The SMILES string of the molecule is CC1(NC2CCCC2O)CCCOC1. The van der Waals surface area contributed by atoms with Gasteiger partial charge in [-0.25, -0.2) is 0 Å². The van der Waals surface area contributed by atoms with Crippen LogP contribution in [0.2, 0.25) is 0 Å². The summed E-state index contributed by atoms with van der Waals surface area (Å²) in [6.45, 7) is 3.89. The minimum atomic E-state index is -0.145. The Hall–Kier alpha value is -0.120. The van der Waals surface area contributed by atoms with Gasteiger partial charge in [0.2, 0.25) is 0 Å². The van der Waals surface area contributed by atoms with E-state index < -0.39 is 0 Å². The predicted octanol–water partition coefficient (Wildman–Crippen LogP) is 1.06. The van der Waals surface area contributed by atoms with Crippen molar-refractivity contribution >= 4 is 0 Å². The van der Waals surface area contributed by atoms with Crippen LogP contribution in [0.15, 0.2) is 0 Å². The number of nitrogens with one attached hydrogen (secondary N) is 1. The summed E-state index contributed by atoms with van der Waals surface area (Å²) in [6.07, 6.45) is 5.36. The van der Waals surface area contributed by atoms with E-state index in [1.807, 2.05) is 0 Å². The number of aliphatic hydroxyl groups is 1. The Morgan fingerprint density at radius 2 is 2.21 bits per heavy atom. The first-order valence-corrected chi connectivity index (χ1v) is 5.73. The molecule has 2 N–H and O–H groups in total. The molecule has 82 valence electrons. The van der Waals surface area contributed by atoms with Gasteiger partial charge < -0.3 is 15.2 Å². The lowest BCUT2D eigenvalue weighted by Crippen LogP contribution is -2.55. The standard InChI is InChI=1S/C11H21NO2/c1-11(6-3-7-14-8-11)12-9-4-2-5-10(9)13/h9-10,12-13H,2-8H2,1H3. The van der Waals surface area contributed by atoms with Crippen molar-refractivity contribution in [3.05, 3.63) is 0 Å². The molecule has 0 aromatic rings. The molecule has 3 unspecified atom stereocenters. The van der Waals surface area contributed by atoms with Crippen LogP contribution in [0.5, 0.6) is 0 Å². The molecule has 1 aliphatic carbocycles. The molecule has 0 spiro atoms. The quantitative estimate of drug-likeness (QED) is 0.698. The normalized spacial score (nSPS) is 44.1. The monoisotopic (exact) mass is 199 g/mol. The van der Waals surface area contributed by atoms with E-state index in [1.54, 1.807) is 0 Å². The molecule has 3 nitrogen and oxygen atoms in total. The zero-order chi connectivity index (χ0) is 10.0. The summed E-state index contributed by atoms with van der Waals surface area (Å²) in [5.74, 6) is 0. The zero-order valence-electron chi connectivity index (χ0n) is 8.96. The van der Waals surface area contributed by atoms with Crippen molar-refractivity contribution in [2.45, 2.75) is 56.7 Å². The highest BCUT2D eigenvalue weighted by molar-refractivity contribution is 4.93. The fourth-order valence-electron chi connectivity index (χ4n) is 2.60. The second kappa shape index (κ2) is 4.17. The van der Waals surface area contributed by atoms with Crippen LogP contribution in [0.3, 0.4) is 0 Å². The number of hydrogen-bond donors (Lipinski definition) is 2. The summed E-state index contributed by atoms with van der Waals surface area (Å²) in [5, 5.41) is 13.3. The summed E-state index contributed by atoms with van der Waals surface area (Å²) in [5.41, 5.74) is 0.0915. The highest BCUT2D eigenvalue weighted by Gasteiger charge is 2.34. The fourth-order valence-corrected chi connectivity index (χ4v) is 2.60. The van der Waals surface area contributed by atoms with Gasteiger partial charge in [0, 0.05) is 18.2 Å². The van der Waals surface area contributed by atoms with Crippen molar-refractivity contribution in [2.24, 2.45) is 0 Å². The van der Waals surface area contributed by atoms with Gasteiger partial charge in [0.25, 0.3) is 0 Å². The van der Waals surface area contributed by atoms with Crippen LogP contribution in [-0.4, -0.2) is 36.0 Å². The molecule has 0 aromatic carbocycles. The van der Waals surface area contributed by atoms with Gasteiger partial charge in [-0.2, -0.15) is 0 Å². The minimum Gasteiger partial charge on any atom is -0.392 e. The van der Waals surface area contributed by atoms with E-state index in [0.29, 0.717) is 6.04 Å². The van der Waals surface area contributed by atoms with E-state index in [2.05, 4.69) is 12.2 Å². The van der Waals surface area contributed by atoms with Gasteiger partial charge in [-0.3, -0.25) is 0 Å². The lowest BCUT2D eigenvalue weighted by atomic mass is 9.93. The van der Waals surface area contributed by atoms with Crippen LogP contribution < -0.4 is 5.32 Å². The smallest absolute Gasteiger partial charge is 0.0693 e. The van der Waals surface area contributed by atoms with Crippen LogP contribution in [0.25, 0.3) is 0 Å². The molecule has 3 heteroatoms. The molecule has 14 heavy (non-hydrogen) atoms. The van der Waals surface area contributed by atoms with Crippen molar-refractivity contribution in [3.8, 4) is 0 Å². The van der Waals surface area contributed by atoms with E-state index >= 15 is 0 Å². The van der Waals surface area contributed by atoms with Gasteiger partial charge in [0.15, 0.2) is 0 Å². The average molecular weight is 199 g/mol. The molecular weight excluding hydrogens is 178 g/mol. The molecule has 0 amide bonds. The van der Waals surface area contributed by atoms with Crippen molar-refractivity contribution in [3.63, 3.8) is 0 Å². The largest absolute Gasteiger partial charge is 0.392 e. The Labute approximate surface area is 85.8 Å². The van der Waals surface area contributed by atoms with Crippen LogP contribution in [-0.2, 0) is 4.74 Å². The first kappa shape index (κ1) is 10.4. The Morgan fingerprint density at radius 1 is 1.36 bits per heavy atom. The molecule has 0 aromatic heterocycles. The Bertz CT molecular complexity index is 190. The van der Waals surface area contributed by atoms with Crippen LogP contribution in [0.4, 0.5) is 0 Å². The topological polar surface area (TPSA) is 41.5 Å². The van der Waals surface area contributed by atoms with Crippen LogP contribution >= 0.6 is 0 Å². The zero-order valence-corrected chi connectivity index (χ0v) is 8.96. The summed E-state index contributed by atoms with van der Waals surface area (Å²) in [7, 11) is 0. The van der Waals surface area contributed by atoms with Crippen molar-refractivity contribution < 1.29 is 9.84 Å². The maximum absolute atomic E-state index is 9.73. The molecular formula is C11H21NO2. The molecule has 1 aliphatic heterocycles. The van der Waals surface area contributed by atoms with Crippen molar-refractivity contribution in [2.75, 3.05) is 13.2 Å². The summed E-state index contributed by atoms with van der Waals surface area (Å²) in [4.78, 5) is 0. The molecule has 2 rings (SSSR count). The second-order valence-corrected chi connectivity index (χ2v) is 4.97. The molecule has 0 bridgehead atoms. The summed E-state index contributed by atoms with van der Waals surface area (Å²) >= 11 is 0. The van der Waals surface area contributed by atoms with Crippen molar-refractivity contribution in [1.29, 1.82) is 0 Å². The lowest BCUT2D eigenvalue weighted by molar-refractivity contribution is 0.0137. The van der Waals surface area contributed by atoms with Gasteiger partial charge in [0.05, 0.1) is 12.7 Å². The van der Waals surface area contributed by atoms with Gasteiger partial charge in [-0.1, -0.05) is 0 Å². The highest BCUT2D eigenvalue weighted by Crippen LogP contribution is 2.25. The summed E-state index contributed by atoms with van der Waals surface area (Å²) < 4.78 is 5.49. The number of rotatable bonds is 2. The van der Waals surface area contributed by atoms with Gasteiger partial charge in [0.1, 0.15) is 0 Å². The molecule has 2 aliphatic rings. The number of aliphatic hydroxyl groups excluding tert-OH is 1.